The van der Waals surface area contributed by atoms with Crippen molar-refractivity contribution in [2.75, 3.05) is 14.2 Å². The highest BCUT2D eigenvalue weighted by atomic mass is 35.5. The van der Waals surface area contributed by atoms with Crippen LogP contribution in [0.4, 0.5) is 0 Å². The van der Waals surface area contributed by atoms with Gasteiger partial charge in [0.05, 0.1) is 7.11 Å². The van der Waals surface area contributed by atoms with Crippen molar-refractivity contribution in [3.63, 3.8) is 0 Å². The van der Waals surface area contributed by atoms with Crippen LogP contribution in [0.25, 0.3) is 0 Å². The molecule has 1 fully saturated rings. The minimum absolute atomic E-state index is 0.179. The van der Waals surface area contributed by atoms with Crippen LogP contribution in [0, 0.1) is 0 Å². The number of hydrogen-bond donors (Lipinski definition) is 0. The van der Waals surface area contributed by atoms with Gasteiger partial charge in [-0.2, -0.15) is 0 Å². The van der Waals surface area contributed by atoms with Gasteiger partial charge in [-0.3, -0.25) is 14.5 Å². The van der Waals surface area contributed by atoms with E-state index in [1.165, 1.54) is 35.5 Å². The average Bonchev–Trinajstić information content (AvgIpc) is 2.73. The number of halogens is 1. The second kappa shape index (κ2) is 7.00. The summed E-state index contributed by atoms with van der Waals surface area (Å²) in [4.78, 5) is 26.5. The van der Waals surface area contributed by atoms with Crippen LogP contribution in [0.15, 0.2) is 29.2 Å². The third kappa shape index (κ3) is 3.71. The van der Waals surface area contributed by atoms with Gasteiger partial charge in [0, 0.05) is 17.0 Å². The third-order valence-electron chi connectivity index (χ3n) is 2.86. The fourth-order valence-electron chi connectivity index (χ4n) is 1.72. The molecule has 0 aromatic heterocycles. The maximum absolute atomic E-state index is 12.2. The Morgan fingerprint density at radius 2 is 2.10 bits per heavy atom. The Hall–Kier alpha value is -0.760. The van der Waals surface area contributed by atoms with Gasteiger partial charge in [-0.05, 0) is 24.3 Å². The molecule has 1 amide bonds. The number of carbonyl (C=O) groups is 2. The SMILES string of the molecule is COC(=O)C(Sc1ccc(Cl)cc1)C1SC(=S)N(C)C1=O. The van der Waals surface area contributed by atoms with Crippen molar-refractivity contribution in [2.45, 2.75) is 15.4 Å². The molecular weight excluding hydrogens is 350 g/mol. The Morgan fingerprint density at radius 1 is 1.48 bits per heavy atom. The maximum Gasteiger partial charge on any atom is 0.320 e. The first-order valence-electron chi connectivity index (χ1n) is 5.92. The molecule has 1 aliphatic rings. The molecule has 1 aromatic rings. The lowest BCUT2D eigenvalue weighted by Gasteiger charge is -2.18. The normalized spacial score (nSPS) is 19.8. The predicted molar refractivity (Wildman–Crippen MR) is 89.9 cm³/mol. The van der Waals surface area contributed by atoms with E-state index in [1.807, 2.05) is 0 Å². The Balaban J connectivity index is 2.23. The highest BCUT2D eigenvalue weighted by Crippen LogP contribution is 2.37. The Kier molecular flexibility index (Phi) is 5.54. The van der Waals surface area contributed by atoms with E-state index in [0.29, 0.717) is 9.34 Å². The molecule has 4 nitrogen and oxygen atoms in total. The fourth-order valence-corrected chi connectivity index (χ4v) is 4.56. The Bertz CT molecular complexity index is 579. The molecule has 0 spiro atoms. The van der Waals surface area contributed by atoms with Gasteiger partial charge in [0.25, 0.3) is 0 Å². The smallest absolute Gasteiger partial charge is 0.320 e. The summed E-state index contributed by atoms with van der Waals surface area (Å²) in [6, 6.07) is 7.07. The van der Waals surface area contributed by atoms with Crippen LogP contribution in [0.5, 0.6) is 0 Å². The van der Waals surface area contributed by atoms with Crippen molar-refractivity contribution in [3.8, 4) is 0 Å². The van der Waals surface area contributed by atoms with Crippen LogP contribution < -0.4 is 0 Å². The number of methoxy groups -OCH3 is 1. The number of rotatable bonds is 4. The third-order valence-corrected chi connectivity index (χ3v) is 6.31. The number of benzene rings is 1. The van der Waals surface area contributed by atoms with E-state index < -0.39 is 16.5 Å². The first-order valence-corrected chi connectivity index (χ1v) is 8.47. The lowest BCUT2D eigenvalue weighted by molar-refractivity contribution is -0.141. The van der Waals surface area contributed by atoms with Crippen LogP contribution in [0.1, 0.15) is 0 Å². The zero-order chi connectivity index (χ0) is 15.6. The van der Waals surface area contributed by atoms with Crippen LogP contribution in [-0.4, -0.2) is 45.8 Å². The van der Waals surface area contributed by atoms with E-state index in [9.17, 15) is 9.59 Å². The standard InChI is InChI=1S/C13H12ClNO3S3/c1-15-11(16)9(21-13(15)19)10(12(17)18-2)20-8-5-3-7(14)4-6-8/h3-6,9-10H,1-2H3. The van der Waals surface area contributed by atoms with Crippen molar-refractivity contribution in [1.29, 1.82) is 0 Å². The Morgan fingerprint density at radius 3 is 2.57 bits per heavy atom. The van der Waals surface area contributed by atoms with E-state index in [0.717, 1.165) is 4.90 Å². The molecule has 2 rings (SSSR count). The van der Waals surface area contributed by atoms with Crippen LogP contribution >= 0.6 is 47.3 Å². The molecule has 2 atom stereocenters. The maximum atomic E-state index is 12.2. The van der Waals surface area contributed by atoms with Gasteiger partial charge in [0.2, 0.25) is 5.91 Å². The summed E-state index contributed by atoms with van der Waals surface area (Å²) in [5, 5.41) is -0.617. The molecule has 1 aliphatic heterocycles. The van der Waals surface area contributed by atoms with Gasteiger partial charge >= 0.3 is 5.97 Å². The molecule has 0 N–H and O–H groups in total. The van der Waals surface area contributed by atoms with Crippen molar-refractivity contribution < 1.29 is 14.3 Å². The first-order chi connectivity index (χ1) is 9.93. The molecule has 0 saturated carbocycles. The number of amides is 1. The second-order valence-electron chi connectivity index (χ2n) is 4.22. The number of nitrogens with zero attached hydrogens (tertiary/aromatic N) is 1. The Labute approximate surface area is 141 Å². The average molecular weight is 362 g/mol. The number of carbonyl (C=O) groups excluding carboxylic acids is 2. The first kappa shape index (κ1) is 16.6. The zero-order valence-corrected chi connectivity index (χ0v) is 14.4. The van der Waals surface area contributed by atoms with Crippen molar-refractivity contribution in [3.05, 3.63) is 29.3 Å². The summed E-state index contributed by atoms with van der Waals surface area (Å²) in [5.41, 5.74) is 0. The van der Waals surface area contributed by atoms with Gasteiger partial charge in [-0.25, -0.2) is 0 Å². The number of esters is 1. The molecule has 0 radical (unpaired) electrons. The van der Waals surface area contributed by atoms with Gasteiger partial charge in [-0.15, -0.1) is 11.8 Å². The van der Waals surface area contributed by atoms with Crippen molar-refractivity contribution >= 4 is 63.5 Å². The van der Waals surface area contributed by atoms with Crippen LogP contribution in [0.3, 0.4) is 0 Å². The predicted octanol–water partition coefficient (Wildman–Crippen LogP) is 2.83. The summed E-state index contributed by atoms with van der Waals surface area (Å²) in [6.45, 7) is 0. The molecule has 1 heterocycles. The van der Waals surface area contributed by atoms with E-state index in [-0.39, 0.29) is 5.91 Å². The molecule has 8 heteroatoms. The number of ether oxygens (including phenoxy) is 1. The fraction of sp³-hybridized carbons (Fsp3) is 0.308. The molecule has 1 aromatic carbocycles. The van der Waals surface area contributed by atoms with E-state index in [1.54, 1.807) is 31.3 Å². The van der Waals surface area contributed by atoms with Crippen molar-refractivity contribution in [2.24, 2.45) is 0 Å². The van der Waals surface area contributed by atoms with Gasteiger partial charge < -0.3 is 4.74 Å². The lowest BCUT2D eigenvalue weighted by atomic mass is 10.2. The molecule has 21 heavy (non-hydrogen) atoms. The highest BCUT2D eigenvalue weighted by Gasteiger charge is 2.44. The number of thioether (sulfide) groups is 2. The monoisotopic (exact) mass is 361 g/mol. The summed E-state index contributed by atoms with van der Waals surface area (Å²) in [6.07, 6.45) is 0. The molecule has 0 aliphatic carbocycles. The molecule has 2 unspecified atom stereocenters. The van der Waals surface area contributed by atoms with Gasteiger partial charge in [0.15, 0.2) is 0 Å². The highest BCUT2D eigenvalue weighted by molar-refractivity contribution is 8.24. The lowest BCUT2D eigenvalue weighted by Crippen LogP contribution is -2.37. The zero-order valence-electron chi connectivity index (χ0n) is 11.2. The quantitative estimate of drug-likeness (QED) is 0.467. The largest absolute Gasteiger partial charge is 0.468 e. The minimum atomic E-state index is -0.656. The van der Waals surface area contributed by atoms with E-state index >= 15 is 0 Å². The van der Waals surface area contributed by atoms with Crippen LogP contribution in [-0.2, 0) is 14.3 Å². The molecular formula is C13H12ClNO3S3. The van der Waals surface area contributed by atoms with Crippen molar-refractivity contribution in [1.82, 2.24) is 4.90 Å². The summed E-state index contributed by atoms with van der Waals surface area (Å²) in [7, 11) is 2.92. The summed E-state index contributed by atoms with van der Waals surface area (Å²) < 4.78 is 5.29. The van der Waals surface area contributed by atoms with Gasteiger partial charge in [-0.1, -0.05) is 35.6 Å². The molecule has 0 bridgehead atoms. The number of hydrogen-bond acceptors (Lipinski definition) is 6. The summed E-state index contributed by atoms with van der Waals surface area (Å²) >= 11 is 13.4. The summed E-state index contributed by atoms with van der Waals surface area (Å²) in [5.74, 6) is -0.624. The minimum Gasteiger partial charge on any atom is -0.468 e. The second-order valence-corrected chi connectivity index (χ2v) is 7.64. The molecule has 112 valence electrons. The molecule has 1 saturated heterocycles. The van der Waals surface area contributed by atoms with E-state index in [4.69, 9.17) is 28.6 Å². The van der Waals surface area contributed by atoms with Crippen LogP contribution in [0.2, 0.25) is 5.02 Å². The van der Waals surface area contributed by atoms with Gasteiger partial charge in [0.1, 0.15) is 14.8 Å². The topological polar surface area (TPSA) is 46.6 Å². The number of thiocarbonyl (C=S) groups is 1. The van der Waals surface area contributed by atoms with E-state index in [2.05, 4.69) is 0 Å².